The van der Waals surface area contributed by atoms with Crippen LogP contribution < -0.4 is 0 Å². The fourth-order valence-corrected chi connectivity index (χ4v) is 2.12. The SMILES string of the molecule is CCCCCCCCCCC(=O)OCC(O)C(O)C(O)CO. The van der Waals surface area contributed by atoms with Gasteiger partial charge in [0.2, 0.25) is 0 Å². The highest BCUT2D eigenvalue weighted by Gasteiger charge is 2.25. The summed E-state index contributed by atoms with van der Waals surface area (Å²) in [6.07, 6.45) is 5.01. The van der Waals surface area contributed by atoms with Gasteiger partial charge in [-0.1, -0.05) is 51.9 Å². The van der Waals surface area contributed by atoms with E-state index in [1.807, 2.05) is 0 Å². The topological polar surface area (TPSA) is 107 Å². The van der Waals surface area contributed by atoms with E-state index < -0.39 is 30.9 Å². The zero-order valence-electron chi connectivity index (χ0n) is 13.6. The highest BCUT2D eigenvalue weighted by Crippen LogP contribution is 2.10. The first kappa shape index (κ1) is 21.3. The molecule has 0 heterocycles. The zero-order valence-corrected chi connectivity index (χ0v) is 13.6. The second kappa shape index (κ2) is 13.9. The molecule has 3 atom stereocenters. The van der Waals surface area contributed by atoms with Crippen LogP contribution in [0.3, 0.4) is 0 Å². The van der Waals surface area contributed by atoms with Gasteiger partial charge in [0, 0.05) is 6.42 Å². The minimum Gasteiger partial charge on any atom is -0.463 e. The number of hydrogen-bond donors (Lipinski definition) is 4. The van der Waals surface area contributed by atoms with Crippen molar-refractivity contribution in [2.45, 2.75) is 83.0 Å². The van der Waals surface area contributed by atoms with Crippen molar-refractivity contribution in [1.82, 2.24) is 0 Å². The lowest BCUT2D eigenvalue weighted by atomic mass is 10.1. The maximum Gasteiger partial charge on any atom is 0.305 e. The third kappa shape index (κ3) is 11.0. The predicted molar refractivity (Wildman–Crippen MR) is 83.3 cm³/mol. The van der Waals surface area contributed by atoms with E-state index in [4.69, 9.17) is 14.9 Å². The van der Waals surface area contributed by atoms with Crippen LogP contribution in [0, 0.1) is 0 Å². The average molecular weight is 320 g/mol. The summed E-state index contributed by atoms with van der Waals surface area (Å²) < 4.78 is 4.84. The van der Waals surface area contributed by atoms with Crippen LogP contribution in [-0.2, 0) is 9.53 Å². The first-order valence-corrected chi connectivity index (χ1v) is 8.33. The van der Waals surface area contributed by atoms with Crippen molar-refractivity contribution in [3.05, 3.63) is 0 Å². The second-order valence-electron chi connectivity index (χ2n) is 5.72. The fraction of sp³-hybridized carbons (Fsp3) is 0.938. The smallest absolute Gasteiger partial charge is 0.305 e. The number of ether oxygens (including phenoxy) is 1. The summed E-state index contributed by atoms with van der Waals surface area (Å²) >= 11 is 0. The van der Waals surface area contributed by atoms with E-state index >= 15 is 0 Å². The second-order valence-corrected chi connectivity index (χ2v) is 5.72. The largest absolute Gasteiger partial charge is 0.463 e. The molecule has 0 bridgehead atoms. The third-order valence-electron chi connectivity index (χ3n) is 3.63. The van der Waals surface area contributed by atoms with Gasteiger partial charge in [0.15, 0.2) is 0 Å². The third-order valence-corrected chi connectivity index (χ3v) is 3.63. The monoisotopic (exact) mass is 320 g/mol. The molecule has 0 aliphatic rings. The molecule has 132 valence electrons. The highest BCUT2D eigenvalue weighted by atomic mass is 16.5. The predicted octanol–water partition coefficient (Wildman–Crippen LogP) is 1.14. The van der Waals surface area contributed by atoms with Crippen LogP contribution in [0.5, 0.6) is 0 Å². The summed E-state index contributed by atoms with van der Waals surface area (Å²) in [5, 5.41) is 36.6. The molecule has 0 spiro atoms. The van der Waals surface area contributed by atoms with Gasteiger partial charge in [-0.25, -0.2) is 0 Å². The maximum absolute atomic E-state index is 11.5. The molecule has 0 rings (SSSR count). The molecule has 0 aromatic rings. The average Bonchev–Trinajstić information content (AvgIpc) is 2.53. The number of unbranched alkanes of at least 4 members (excludes halogenated alkanes) is 7. The first-order valence-electron chi connectivity index (χ1n) is 8.33. The fourth-order valence-electron chi connectivity index (χ4n) is 2.12. The zero-order chi connectivity index (χ0) is 16.8. The van der Waals surface area contributed by atoms with Gasteiger partial charge in [-0.05, 0) is 6.42 Å². The van der Waals surface area contributed by atoms with Crippen LogP contribution in [0.15, 0.2) is 0 Å². The Morgan fingerprint density at radius 3 is 2.00 bits per heavy atom. The van der Waals surface area contributed by atoms with Gasteiger partial charge in [0.25, 0.3) is 0 Å². The highest BCUT2D eigenvalue weighted by molar-refractivity contribution is 5.69. The number of carbonyl (C=O) groups is 1. The van der Waals surface area contributed by atoms with Gasteiger partial charge >= 0.3 is 5.97 Å². The molecule has 0 saturated heterocycles. The number of carbonyl (C=O) groups excluding carboxylic acids is 1. The van der Waals surface area contributed by atoms with Crippen molar-refractivity contribution in [2.75, 3.05) is 13.2 Å². The lowest BCUT2D eigenvalue weighted by molar-refractivity contribution is -0.152. The van der Waals surface area contributed by atoms with Gasteiger partial charge in [0.1, 0.15) is 24.9 Å². The van der Waals surface area contributed by atoms with Crippen molar-refractivity contribution in [3.63, 3.8) is 0 Å². The molecular formula is C16H32O6. The van der Waals surface area contributed by atoms with Crippen LogP contribution in [0.25, 0.3) is 0 Å². The van der Waals surface area contributed by atoms with Crippen molar-refractivity contribution < 1.29 is 30.0 Å². The Bertz CT molecular complexity index is 271. The Morgan fingerprint density at radius 1 is 0.909 bits per heavy atom. The Balaban J connectivity index is 3.54. The van der Waals surface area contributed by atoms with Crippen molar-refractivity contribution in [3.8, 4) is 0 Å². The number of esters is 1. The molecule has 0 aromatic heterocycles. The van der Waals surface area contributed by atoms with Crippen LogP contribution in [0.2, 0.25) is 0 Å². The summed E-state index contributed by atoms with van der Waals surface area (Å²) in [6.45, 7) is 1.14. The van der Waals surface area contributed by atoms with E-state index in [1.54, 1.807) is 0 Å². The molecule has 0 aromatic carbocycles. The number of aliphatic hydroxyl groups is 4. The molecule has 0 amide bonds. The molecule has 22 heavy (non-hydrogen) atoms. The molecule has 0 saturated carbocycles. The number of aliphatic hydroxyl groups excluding tert-OH is 4. The molecule has 0 aliphatic carbocycles. The molecule has 0 fully saturated rings. The van der Waals surface area contributed by atoms with E-state index in [2.05, 4.69) is 6.92 Å². The van der Waals surface area contributed by atoms with Crippen molar-refractivity contribution in [2.24, 2.45) is 0 Å². The minimum absolute atomic E-state index is 0.292. The molecular weight excluding hydrogens is 288 g/mol. The molecule has 0 aliphatic heterocycles. The normalized spacial score (nSPS) is 15.3. The molecule has 6 heteroatoms. The summed E-state index contributed by atoms with van der Waals surface area (Å²) in [7, 11) is 0. The van der Waals surface area contributed by atoms with Gasteiger partial charge in [-0.15, -0.1) is 0 Å². The van der Waals surface area contributed by atoms with Crippen LogP contribution >= 0.6 is 0 Å². The standard InChI is InChI=1S/C16H32O6/c1-2-3-4-5-6-7-8-9-10-15(20)22-12-14(19)16(21)13(18)11-17/h13-14,16-19,21H,2-12H2,1H3. The quantitative estimate of drug-likeness (QED) is 0.282. The van der Waals surface area contributed by atoms with Gasteiger partial charge in [-0.2, -0.15) is 0 Å². The minimum atomic E-state index is -1.53. The van der Waals surface area contributed by atoms with E-state index in [0.717, 1.165) is 19.3 Å². The van der Waals surface area contributed by atoms with E-state index in [9.17, 15) is 15.0 Å². The Morgan fingerprint density at radius 2 is 1.45 bits per heavy atom. The summed E-state index contributed by atoms with van der Waals surface area (Å²) in [6, 6.07) is 0. The molecule has 6 nitrogen and oxygen atoms in total. The van der Waals surface area contributed by atoms with Crippen LogP contribution in [0.1, 0.15) is 64.7 Å². The van der Waals surface area contributed by atoms with E-state index in [0.29, 0.717) is 6.42 Å². The summed E-state index contributed by atoms with van der Waals surface area (Å²) in [5.41, 5.74) is 0. The van der Waals surface area contributed by atoms with Crippen molar-refractivity contribution in [1.29, 1.82) is 0 Å². The summed E-state index contributed by atoms with van der Waals surface area (Å²) in [5.74, 6) is -0.421. The van der Waals surface area contributed by atoms with E-state index in [-0.39, 0.29) is 6.61 Å². The Hall–Kier alpha value is -0.690. The Labute approximate surface area is 133 Å². The summed E-state index contributed by atoms with van der Waals surface area (Å²) in [4.78, 5) is 11.5. The van der Waals surface area contributed by atoms with Gasteiger partial charge in [-0.3, -0.25) is 4.79 Å². The molecule has 3 unspecified atom stereocenters. The van der Waals surface area contributed by atoms with Crippen LogP contribution in [0.4, 0.5) is 0 Å². The first-order chi connectivity index (χ1) is 10.5. The van der Waals surface area contributed by atoms with Gasteiger partial charge in [0.05, 0.1) is 6.61 Å². The number of rotatable bonds is 14. The van der Waals surface area contributed by atoms with E-state index in [1.165, 1.54) is 32.1 Å². The molecule has 0 radical (unpaired) electrons. The van der Waals surface area contributed by atoms with Gasteiger partial charge < -0.3 is 25.2 Å². The molecule has 4 N–H and O–H groups in total. The Kier molecular flexibility index (Phi) is 13.5. The number of hydrogen-bond acceptors (Lipinski definition) is 6. The lowest BCUT2D eigenvalue weighted by Gasteiger charge is -2.21. The lowest BCUT2D eigenvalue weighted by Crippen LogP contribution is -2.42. The van der Waals surface area contributed by atoms with Crippen LogP contribution in [-0.4, -0.2) is 57.9 Å². The van der Waals surface area contributed by atoms with Crippen molar-refractivity contribution >= 4 is 5.97 Å². The maximum atomic E-state index is 11.5.